The monoisotopic (exact) mass is 399 g/mol. The molecule has 0 atom stereocenters. The van der Waals surface area contributed by atoms with Crippen molar-refractivity contribution in [3.05, 3.63) is 35.8 Å². The van der Waals surface area contributed by atoms with Crippen LogP contribution in [0.25, 0.3) is 0 Å². The molecule has 3 heterocycles. The number of Topliss-reactive ketones (excluding diaryl/α,β-unsaturated/α-hetero) is 1. The van der Waals surface area contributed by atoms with E-state index >= 15 is 0 Å². The predicted octanol–water partition coefficient (Wildman–Crippen LogP) is -1.08. The summed E-state index contributed by atoms with van der Waals surface area (Å²) in [6.45, 7) is 8.36. The Labute approximate surface area is 154 Å². The third-order valence-electron chi connectivity index (χ3n) is 3.87. The van der Waals surface area contributed by atoms with Gasteiger partial charge in [0.2, 0.25) is 11.6 Å². The summed E-state index contributed by atoms with van der Waals surface area (Å²) in [5.41, 5.74) is 1.89. The average Bonchev–Trinajstić information content (AvgIpc) is 3.47. The van der Waals surface area contributed by atoms with E-state index in [0.717, 1.165) is 39.3 Å². The minimum absolute atomic E-state index is 0.00546. The van der Waals surface area contributed by atoms with E-state index in [1.807, 2.05) is 14.7 Å². The van der Waals surface area contributed by atoms with E-state index in [1.54, 1.807) is 0 Å². The highest BCUT2D eigenvalue weighted by molar-refractivity contribution is 7.46. The SMILES string of the molecule is C=CC(=O)OOP(=O)(O)O.O=C1C=C(N2CC2)C(=O)C(N2CC2)=C1N1CC1. The summed E-state index contributed by atoms with van der Waals surface area (Å²) in [6, 6.07) is 0. The molecule has 3 saturated heterocycles. The molecule has 3 fully saturated rings. The van der Waals surface area contributed by atoms with Gasteiger partial charge in [-0.15, -0.1) is 0 Å². The Kier molecular flexibility index (Phi) is 5.20. The molecule has 0 aromatic heterocycles. The molecule has 3 aliphatic heterocycles. The van der Waals surface area contributed by atoms with Crippen LogP contribution in [0.15, 0.2) is 35.8 Å². The van der Waals surface area contributed by atoms with E-state index in [0.29, 0.717) is 23.2 Å². The molecular weight excluding hydrogens is 381 g/mol. The number of rotatable bonds is 6. The van der Waals surface area contributed by atoms with Gasteiger partial charge in [0.05, 0.1) is 5.70 Å². The van der Waals surface area contributed by atoms with E-state index < -0.39 is 13.8 Å². The molecule has 4 rings (SSSR count). The molecule has 146 valence electrons. The second kappa shape index (κ2) is 7.28. The Morgan fingerprint density at radius 3 is 2.00 bits per heavy atom. The number of ketones is 2. The van der Waals surface area contributed by atoms with Crippen molar-refractivity contribution in [1.29, 1.82) is 0 Å². The van der Waals surface area contributed by atoms with Gasteiger partial charge >= 0.3 is 13.8 Å². The highest BCUT2D eigenvalue weighted by atomic mass is 31.2. The Hall–Kier alpha value is -2.46. The second-order valence-corrected chi connectivity index (χ2v) is 7.18. The zero-order valence-electron chi connectivity index (χ0n) is 14.2. The number of phosphoric acid groups is 1. The highest BCUT2D eigenvalue weighted by Crippen LogP contribution is 2.36. The van der Waals surface area contributed by atoms with Crippen molar-refractivity contribution in [2.45, 2.75) is 0 Å². The van der Waals surface area contributed by atoms with Crippen molar-refractivity contribution in [2.24, 2.45) is 0 Å². The summed E-state index contributed by atoms with van der Waals surface area (Å²) in [4.78, 5) is 59.9. The predicted molar refractivity (Wildman–Crippen MR) is 89.3 cm³/mol. The lowest BCUT2D eigenvalue weighted by Gasteiger charge is -2.21. The fraction of sp³-hybridized carbons (Fsp3) is 0.400. The van der Waals surface area contributed by atoms with Crippen LogP contribution in [0.5, 0.6) is 0 Å². The van der Waals surface area contributed by atoms with Crippen molar-refractivity contribution < 1.29 is 38.3 Å². The molecule has 0 aromatic rings. The fourth-order valence-corrected chi connectivity index (χ4v) is 2.57. The van der Waals surface area contributed by atoms with E-state index in [4.69, 9.17) is 9.79 Å². The first-order valence-corrected chi connectivity index (χ1v) is 9.62. The van der Waals surface area contributed by atoms with Crippen LogP contribution in [-0.4, -0.2) is 81.3 Å². The first-order chi connectivity index (χ1) is 12.7. The van der Waals surface area contributed by atoms with Crippen LogP contribution in [0, 0.1) is 0 Å². The van der Waals surface area contributed by atoms with Crippen molar-refractivity contribution in [2.75, 3.05) is 39.3 Å². The van der Waals surface area contributed by atoms with Gasteiger partial charge in [-0.1, -0.05) is 11.3 Å². The summed E-state index contributed by atoms with van der Waals surface area (Å²) in [7, 11) is -4.72. The number of hydrogen-bond donors (Lipinski definition) is 2. The third-order valence-corrected chi connectivity index (χ3v) is 4.14. The van der Waals surface area contributed by atoms with Gasteiger partial charge in [0.15, 0.2) is 0 Å². The molecule has 0 amide bonds. The van der Waals surface area contributed by atoms with Gasteiger partial charge < -0.3 is 24.5 Å². The normalized spacial score (nSPS) is 20.7. The fourth-order valence-electron chi connectivity index (χ4n) is 2.39. The number of nitrogens with zero attached hydrogens (tertiary/aromatic N) is 3. The minimum atomic E-state index is -4.72. The van der Waals surface area contributed by atoms with Crippen LogP contribution in [-0.2, 0) is 28.5 Å². The summed E-state index contributed by atoms with van der Waals surface area (Å²) >= 11 is 0. The molecule has 0 unspecified atom stereocenters. The van der Waals surface area contributed by atoms with E-state index in [1.165, 1.54) is 6.08 Å². The van der Waals surface area contributed by atoms with Crippen molar-refractivity contribution in [3.63, 3.8) is 0 Å². The molecule has 2 N–H and O–H groups in total. The molecule has 0 aromatic carbocycles. The van der Waals surface area contributed by atoms with Gasteiger partial charge in [-0.05, 0) is 0 Å². The molecule has 12 heteroatoms. The Morgan fingerprint density at radius 2 is 1.56 bits per heavy atom. The zero-order valence-corrected chi connectivity index (χ0v) is 15.1. The molecule has 27 heavy (non-hydrogen) atoms. The Morgan fingerprint density at radius 1 is 1.04 bits per heavy atom. The van der Waals surface area contributed by atoms with Gasteiger partial charge in [0.1, 0.15) is 11.4 Å². The zero-order chi connectivity index (χ0) is 19.8. The Balaban J connectivity index is 0.000000183. The maximum absolute atomic E-state index is 12.4. The van der Waals surface area contributed by atoms with Gasteiger partial charge in [-0.2, -0.15) is 0 Å². The quantitative estimate of drug-likeness (QED) is 0.141. The topological polar surface area (TPSA) is 136 Å². The molecule has 0 spiro atoms. The van der Waals surface area contributed by atoms with Crippen LogP contribution < -0.4 is 0 Å². The first kappa shape index (κ1) is 19.3. The van der Waals surface area contributed by atoms with Gasteiger partial charge in [0.25, 0.3) is 0 Å². The van der Waals surface area contributed by atoms with Crippen LogP contribution in [0.4, 0.5) is 0 Å². The van der Waals surface area contributed by atoms with Crippen molar-refractivity contribution in [3.8, 4) is 0 Å². The lowest BCUT2D eigenvalue weighted by molar-refractivity contribution is -0.216. The number of allylic oxidation sites excluding steroid dienone is 1. The number of hydrogen-bond acceptors (Lipinski definition) is 9. The largest absolute Gasteiger partial charge is 0.505 e. The third kappa shape index (κ3) is 5.04. The van der Waals surface area contributed by atoms with Gasteiger partial charge in [-0.3, -0.25) is 14.5 Å². The standard InChI is InChI=1S/C12H13N3O2.C3H5O6P/c16-9-7-8(13-1-2-13)12(17)11(15-5-6-15)10(9)14-3-4-14;1-2-3(4)8-9-10(5,6)7/h7H,1-6H2;2H,1H2,(H2,5,6,7). The summed E-state index contributed by atoms with van der Waals surface area (Å²) < 4.78 is 13.1. The minimum Gasteiger partial charge on any atom is -0.365 e. The molecule has 11 nitrogen and oxygen atoms in total. The lowest BCUT2D eigenvalue weighted by atomic mass is 10.0. The lowest BCUT2D eigenvalue weighted by Crippen LogP contribution is -2.29. The van der Waals surface area contributed by atoms with E-state index in [-0.39, 0.29) is 11.6 Å². The summed E-state index contributed by atoms with van der Waals surface area (Å²) in [5.74, 6) is -1.02. The molecule has 0 radical (unpaired) electrons. The number of carbonyl (C=O) groups excluding carboxylic acids is 3. The van der Waals surface area contributed by atoms with E-state index in [2.05, 4.69) is 16.1 Å². The smallest absolute Gasteiger partial charge is 0.365 e. The van der Waals surface area contributed by atoms with Crippen LogP contribution >= 0.6 is 7.82 Å². The maximum Gasteiger partial charge on any atom is 0.505 e. The Bertz CT molecular complexity index is 802. The molecule has 0 bridgehead atoms. The molecular formula is C15H18N3O8P. The highest BCUT2D eigenvalue weighted by Gasteiger charge is 2.43. The van der Waals surface area contributed by atoms with Gasteiger partial charge in [0, 0.05) is 51.4 Å². The summed E-state index contributed by atoms with van der Waals surface area (Å²) in [6.07, 6.45) is 2.23. The number of carbonyl (C=O) groups is 3. The van der Waals surface area contributed by atoms with Crippen molar-refractivity contribution in [1.82, 2.24) is 14.7 Å². The maximum atomic E-state index is 12.4. The molecule has 4 aliphatic rings. The van der Waals surface area contributed by atoms with Gasteiger partial charge in [-0.25, -0.2) is 9.36 Å². The summed E-state index contributed by atoms with van der Waals surface area (Å²) in [5, 5.41) is 0. The van der Waals surface area contributed by atoms with Crippen molar-refractivity contribution >= 4 is 25.4 Å². The molecule has 0 saturated carbocycles. The van der Waals surface area contributed by atoms with Crippen LogP contribution in [0.2, 0.25) is 0 Å². The van der Waals surface area contributed by atoms with Crippen LogP contribution in [0.1, 0.15) is 0 Å². The molecule has 1 aliphatic carbocycles. The second-order valence-electron chi connectivity index (χ2n) is 6.05. The average molecular weight is 399 g/mol. The van der Waals surface area contributed by atoms with Crippen LogP contribution in [0.3, 0.4) is 0 Å². The first-order valence-electron chi connectivity index (χ1n) is 8.09. The van der Waals surface area contributed by atoms with E-state index in [9.17, 15) is 18.9 Å².